The van der Waals surface area contributed by atoms with Crippen molar-refractivity contribution in [2.24, 2.45) is 0 Å². The van der Waals surface area contributed by atoms with Gasteiger partial charge in [-0.25, -0.2) is 4.39 Å². The summed E-state index contributed by atoms with van der Waals surface area (Å²) in [4.78, 5) is 9.74. The molecule has 0 saturated carbocycles. The molecule has 0 radical (unpaired) electrons. The summed E-state index contributed by atoms with van der Waals surface area (Å²) in [6.45, 7) is -0.939. The van der Waals surface area contributed by atoms with Crippen molar-refractivity contribution in [3.05, 3.63) is 0 Å². The van der Waals surface area contributed by atoms with Crippen LogP contribution in [-0.4, -0.2) is 57.6 Å². The molecule has 0 aliphatic heterocycles. The molecule has 0 aliphatic rings. The first-order valence-electron chi connectivity index (χ1n) is 3.40. The highest BCUT2D eigenvalue weighted by atomic mass is 19.1. The van der Waals surface area contributed by atoms with Gasteiger partial charge in [-0.15, -0.1) is 0 Å². The third kappa shape index (κ3) is 3.31. The summed E-state index contributed by atoms with van der Waals surface area (Å²) in [5, 5.41) is 34.4. The maximum atomic E-state index is 12.3. The first-order valence-corrected chi connectivity index (χ1v) is 3.40. The van der Waals surface area contributed by atoms with Gasteiger partial charge in [0.2, 0.25) is 6.17 Å². The van der Waals surface area contributed by atoms with Crippen molar-refractivity contribution in [1.82, 2.24) is 0 Å². The molecule has 4 atom stereocenters. The van der Waals surface area contributed by atoms with Gasteiger partial charge in [0.05, 0.1) is 6.61 Å². The maximum absolute atomic E-state index is 12.3. The minimum absolute atomic E-state index is 0.939. The number of hydrogen-bond acceptors (Lipinski definition) is 5. The Hall–Kier alpha value is -0.630. The van der Waals surface area contributed by atoms with Crippen LogP contribution in [0.3, 0.4) is 0 Å². The second-order valence-electron chi connectivity index (χ2n) is 2.44. The Kier molecular flexibility index (Phi) is 4.92. The molecule has 0 unspecified atom stereocenters. The Morgan fingerprint density at radius 1 is 1.23 bits per heavy atom. The van der Waals surface area contributed by atoms with Gasteiger partial charge in [0.25, 0.3) is 0 Å². The van der Waals surface area contributed by atoms with Gasteiger partial charge in [-0.1, -0.05) is 0 Å². The number of carbonyl (C=O) groups excluding carboxylic acids is 1. The largest absolute Gasteiger partial charge is 0.394 e. The van der Waals surface area contributed by atoms with Crippen LogP contribution in [0.2, 0.25) is 0 Å². The molecule has 0 amide bonds. The van der Waals surface area contributed by atoms with Crippen LogP contribution in [-0.2, 0) is 4.79 Å². The summed E-state index contributed by atoms with van der Waals surface area (Å²) in [5.74, 6) is 0. The lowest BCUT2D eigenvalue weighted by molar-refractivity contribution is -0.148. The predicted molar refractivity (Wildman–Crippen MR) is 36.1 cm³/mol. The van der Waals surface area contributed by atoms with E-state index in [1.54, 1.807) is 0 Å². The lowest BCUT2D eigenvalue weighted by Crippen LogP contribution is -2.46. The number of carbonyl (C=O) groups is 1. The fourth-order valence-corrected chi connectivity index (χ4v) is 0.643. The fourth-order valence-electron chi connectivity index (χ4n) is 0.643. The van der Waals surface area contributed by atoms with E-state index in [0.717, 1.165) is 0 Å². The van der Waals surface area contributed by atoms with E-state index in [4.69, 9.17) is 20.4 Å². The van der Waals surface area contributed by atoms with Gasteiger partial charge in [0.1, 0.15) is 18.3 Å². The standard InChI is InChI=1S/C6H10F2O5/c7-3(6(8)13)5(12)4(11)2(10)1-9/h2-5,9-12H,1H2/t2-,3-,4-,5-/m1/s1/i8-1. The number of halogens is 2. The highest BCUT2D eigenvalue weighted by Gasteiger charge is 2.35. The average molecular weight is 199 g/mol. The normalized spacial score (nSPS) is 20.5. The minimum atomic E-state index is -2.92. The molecule has 4 N–H and O–H groups in total. The number of alkyl halides is 1. The Labute approximate surface area is 72.2 Å². The first-order chi connectivity index (χ1) is 5.91. The van der Waals surface area contributed by atoms with Crippen LogP contribution in [0.4, 0.5) is 8.78 Å². The van der Waals surface area contributed by atoms with E-state index in [2.05, 4.69) is 0 Å². The van der Waals surface area contributed by atoms with Crippen molar-refractivity contribution >= 4 is 6.04 Å². The Balaban J connectivity index is 4.24. The summed E-state index contributed by atoms with van der Waals surface area (Å²) in [6, 6.07) is -2.45. The molecule has 0 rings (SSSR count). The summed E-state index contributed by atoms with van der Waals surface area (Å²) < 4.78 is 24.0. The molecule has 0 aromatic carbocycles. The van der Waals surface area contributed by atoms with E-state index in [1.165, 1.54) is 0 Å². The molecule has 0 aromatic rings. The van der Waals surface area contributed by atoms with E-state index < -0.39 is 37.1 Å². The molecule has 0 aromatic heterocycles. The second kappa shape index (κ2) is 5.18. The molecule has 5 nitrogen and oxygen atoms in total. The van der Waals surface area contributed by atoms with Crippen LogP contribution in [0.15, 0.2) is 0 Å². The van der Waals surface area contributed by atoms with Crippen molar-refractivity contribution < 1.29 is 34.0 Å². The van der Waals surface area contributed by atoms with Crippen LogP contribution in [0.5, 0.6) is 0 Å². The molecular weight excluding hydrogens is 189 g/mol. The van der Waals surface area contributed by atoms with Crippen LogP contribution < -0.4 is 0 Å². The van der Waals surface area contributed by atoms with Crippen LogP contribution in [0.1, 0.15) is 0 Å². The fraction of sp³-hybridized carbons (Fsp3) is 0.833. The molecule has 0 fully saturated rings. The summed E-state index contributed by atoms with van der Waals surface area (Å²) in [6.07, 6.45) is -9.25. The van der Waals surface area contributed by atoms with Crippen molar-refractivity contribution in [2.45, 2.75) is 24.5 Å². The average Bonchev–Trinajstić information content (AvgIpc) is 2.12. The Morgan fingerprint density at radius 2 is 1.69 bits per heavy atom. The molecule has 7 heteroatoms. The second-order valence-corrected chi connectivity index (χ2v) is 2.44. The zero-order valence-electron chi connectivity index (χ0n) is 6.47. The van der Waals surface area contributed by atoms with E-state index in [1.807, 2.05) is 0 Å². The lowest BCUT2D eigenvalue weighted by atomic mass is 10.0. The van der Waals surface area contributed by atoms with E-state index in [9.17, 15) is 13.6 Å². The van der Waals surface area contributed by atoms with E-state index in [0.29, 0.717) is 0 Å². The number of aliphatic hydroxyl groups is 4. The summed E-state index contributed by atoms with van der Waals surface area (Å²) >= 11 is 0. The molecule has 0 heterocycles. The highest BCUT2D eigenvalue weighted by molar-refractivity contribution is 5.73. The third-order valence-electron chi connectivity index (χ3n) is 1.45. The topological polar surface area (TPSA) is 98.0 Å². The Morgan fingerprint density at radius 3 is 2.00 bits per heavy atom. The van der Waals surface area contributed by atoms with Crippen LogP contribution in [0, 0.1) is 0 Å². The van der Waals surface area contributed by atoms with Crippen molar-refractivity contribution in [3.63, 3.8) is 0 Å². The van der Waals surface area contributed by atoms with Crippen molar-refractivity contribution in [2.75, 3.05) is 6.61 Å². The van der Waals surface area contributed by atoms with Gasteiger partial charge in [0, 0.05) is 0 Å². The predicted octanol–water partition coefficient (Wildman–Crippen LogP) is -2.10. The summed E-state index contributed by atoms with van der Waals surface area (Å²) in [5.41, 5.74) is 0. The van der Waals surface area contributed by atoms with E-state index >= 15 is 0 Å². The summed E-state index contributed by atoms with van der Waals surface area (Å²) in [7, 11) is 0. The molecular formula is C6H10F2O5. The quantitative estimate of drug-likeness (QED) is 0.380. The minimum Gasteiger partial charge on any atom is -0.394 e. The number of aliphatic hydroxyl groups excluding tert-OH is 4. The monoisotopic (exact) mass is 199 g/mol. The molecule has 0 aliphatic carbocycles. The van der Waals surface area contributed by atoms with Crippen LogP contribution in [0.25, 0.3) is 0 Å². The van der Waals surface area contributed by atoms with Gasteiger partial charge in [-0.05, 0) is 0 Å². The van der Waals surface area contributed by atoms with Crippen LogP contribution >= 0.6 is 0 Å². The highest BCUT2D eigenvalue weighted by Crippen LogP contribution is 2.09. The van der Waals surface area contributed by atoms with E-state index in [-0.39, 0.29) is 0 Å². The number of hydrogen-bond donors (Lipinski definition) is 4. The lowest BCUT2D eigenvalue weighted by Gasteiger charge is -2.21. The zero-order valence-corrected chi connectivity index (χ0v) is 6.47. The van der Waals surface area contributed by atoms with Gasteiger partial charge in [-0.3, -0.25) is 4.79 Å². The molecule has 13 heavy (non-hydrogen) atoms. The van der Waals surface area contributed by atoms with Gasteiger partial charge >= 0.3 is 6.04 Å². The molecule has 0 spiro atoms. The van der Waals surface area contributed by atoms with Gasteiger partial charge in [0.15, 0.2) is 0 Å². The van der Waals surface area contributed by atoms with Crippen molar-refractivity contribution in [3.8, 4) is 0 Å². The SMILES string of the molecule is O=C([18F])[C@H](F)[C@@H](O)[C@H](O)[C@H](O)CO. The molecule has 0 saturated heterocycles. The third-order valence-corrected chi connectivity index (χ3v) is 1.45. The maximum Gasteiger partial charge on any atom is 0.338 e. The smallest absolute Gasteiger partial charge is 0.338 e. The molecule has 0 bridgehead atoms. The molecule has 78 valence electrons. The van der Waals surface area contributed by atoms with Gasteiger partial charge < -0.3 is 20.4 Å². The number of rotatable bonds is 5. The zero-order chi connectivity index (χ0) is 10.6. The first kappa shape index (κ1) is 12.4. The van der Waals surface area contributed by atoms with Gasteiger partial charge in [-0.2, -0.15) is 4.39 Å². The van der Waals surface area contributed by atoms with Crippen molar-refractivity contribution in [1.29, 1.82) is 0 Å². The Bertz CT molecular complexity index is 176.